The summed E-state index contributed by atoms with van der Waals surface area (Å²) in [5.41, 5.74) is 0. The molecule has 1 saturated heterocycles. The SMILES string of the molecule is CCCC(C)COc1nc(Cl)nc(N2CCOCC2)n1. The smallest absolute Gasteiger partial charge is 0.322 e. The zero-order valence-electron chi connectivity index (χ0n) is 12.0. The molecule has 0 amide bonds. The van der Waals surface area contributed by atoms with Gasteiger partial charge in [0.15, 0.2) is 0 Å². The van der Waals surface area contributed by atoms with Gasteiger partial charge in [-0.1, -0.05) is 20.3 Å². The van der Waals surface area contributed by atoms with Crippen molar-refractivity contribution < 1.29 is 9.47 Å². The second-order valence-corrected chi connectivity index (χ2v) is 5.33. The van der Waals surface area contributed by atoms with Gasteiger partial charge in [0.1, 0.15) is 0 Å². The van der Waals surface area contributed by atoms with Gasteiger partial charge in [-0.2, -0.15) is 15.0 Å². The molecule has 0 bridgehead atoms. The predicted molar refractivity (Wildman–Crippen MR) is 77.4 cm³/mol. The summed E-state index contributed by atoms with van der Waals surface area (Å²) in [6, 6.07) is 0.300. The number of morpholine rings is 1. The Hall–Kier alpha value is -1.14. The maximum Gasteiger partial charge on any atom is 0.322 e. The highest BCUT2D eigenvalue weighted by molar-refractivity contribution is 6.28. The topological polar surface area (TPSA) is 60.4 Å². The van der Waals surface area contributed by atoms with Crippen LogP contribution in [0, 0.1) is 5.92 Å². The van der Waals surface area contributed by atoms with Gasteiger partial charge in [0.05, 0.1) is 19.8 Å². The van der Waals surface area contributed by atoms with Gasteiger partial charge in [0.2, 0.25) is 11.2 Å². The van der Waals surface area contributed by atoms with E-state index in [1.165, 1.54) is 0 Å². The first-order valence-electron chi connectivity index (χ1n) is 7.06. The third kappa shape index (κ3) is 4.45. The van der Waals surface area contributed by atoms with E-state index in [9.17, 15) is 0 Å². The molecule has 1 fully saturated rings. The summed E-state index contributed by atoms with van der Waals surface area (Å²) in [4.78, 5) is 14.5. The summed E-state index contributed by atoms with van der Waals surface area (Å²) in [5.74, 6) is 1.04. The molecule has 2 rings (SSSR count). The van der Waals surface area contributed by atoms with Crippen molar-refractivity contribution in [2.24, 2.45) is 5.92 Å². The summed E-state index contributed by atoms with van der Waals surface area (Å²) in [5, 5.41) is 0.166. The molecule has 1 unspecified atom stereocenters. The average Bonchev–Trinajstić information content (AvgIpc) is 2.46. The Bertz CT molecular complexity index is 427. The van der Waals surface area contributed by atoms with E-state index in [-0.39, 0.29) is 5.28 Å². The van der Waals surface area contributed by atoms with E-state index < -0.39 is 0 Å². The van der Waals surface area contributed by atoms with Crippen molar-refractivity contribution in [3.63, 3.8) is 0 Å². The van der Waals surface area contributed by atoms with E-state index in [0.717, 1.165) is 25.9 Å². The summed E-state index contributed by atoms with van der Waals surface area (Å²) in [6.45, 7) is 7.76. The number of hydrogen-bond acceptors (Lipinski definition) is 6. The van der Waals surface area contributed by atoms with Gasteiger partial charge in [-0.05, 0) is 23.9 Å². The van der Waals surface area contributed by atoms with Crippen molar-refractivity contribution in [3.05, 3.63) is 5.28 Å². The highest BCUT2D eigenvalue weighted by Gasteiger charge is 2.16. The monoisotopic (exact) mass is 300 g/mol. The Morgan fingerprint density at radius 3 is 2.75 bits per heavy atom. The third-order valence-electron chi connectivity index (χ3n) is 3.15. The van der Waals surface area contributed by atoms with Crippen LogP contribution < -0.4 is 9.64 Å². The lowest BCUT2D eigenvalue weighted by molar-refractivity contribution is 0.122. The first-order valence-corrected chi connectivity index (χ1v) is 7.44. The normalized spacial score (nSPS) is 17.1. The minimum Gasteiger partial charge on any atom is -0.463 e. The van der Waals surface area contributed by atoms with Crippen molar-refractivity contribution in [2.45, 2.75) is 26.7 Å². The summed E-state index contributed by atoms with van der Waals surface area (Å²) in [7, 11) is 0. The van der Waals surface area contributed by atoms with Crippen LogP contribution in [0.25, 0.3) is 0 Å². The summed E-state index contributed by atoms with van der Waals surface area (Å²) in [6.07, 6.45) is 2.26. The molecule has 0 saturated carbocycles. The quantitative estimate of drug-likeness (QED) is 0.802. The molecule has 7 heteroatoms. The van der Waals surface area contributed by atoms with Crippen LogP contribution in [-0.4, -0.2) is 47.9 Å². The minimum absolute atomic E-state index is 0.166. The first-order chi connectivity index (χ1) is 9.69. The number of halogens is 1. The second-order valence-electron chi connectivity index (χ2n) is 4.99. The van der Waals surface area contributed by atoms with E-state index in [4.69, 9.17) is 21.1 Å². The molecule has 0 spiro atoms. The summed E-state index contributed by atoms with van der Waals surface area (Å²) < 4.78 is 10.9. The Balaban J connectivity index is 2.00. The number of rotatable bonds is 6. The number of hydrogen-bond donors (Lipinski definition) is 0. The predicted octanol–water partition coefficient (Wildman–Crippen LogP) is 2.18. The molecular formula is C13H21ClN4O2. The van der Waals surface area contributed by atoms with Gasteiger partial charge < -0.3 is 14.4 Å². The van der Waals surface area contributed by atoms with Crippen LogP contribution in [0.4, 0.5) is 5.95 Å². The van der Waals surface area contributed by atoms with Crippen LogP contribution >= 0.6 is 11.6 Å². The van der Waals surface area contributed by atoms with Crippen LogP contribution in [0.3, 0.4) is 0 Å². The highest BCUT2D eigenvalue weighted by Crippen LogP contribution is 2.17. The standard InChI is InChI=1S/C13H21ClN4O2/c1-3-4-10(2)9-20-13-16-11(14)15-12(17-13)18-5-7-19-8-6-18/h10H,3-9H2,1-2H3. The molecule has 1 aromatic rings. The molecule has 0 N–H and O–H groups in total. The molecule has 0 radical (unpaired) electrons. The van der Waals surface area contributed by atoms with Crippen LogP contribution in [0.5, 0.6) is 6.01 Å². The lowest BCUT2D eigenvalue weighted by Gasteiger charge is -2.26. The highest BCUT2D eigenvalue weighted by atomic mass is 35.5. The fourth-order valence-corrected chi connectivity index (χ4v) is 2.23. The largest absolute Gasteiger partial charge is 0.463 e. The zero-order valence-corrected chi connectivity index (χ0v) is 12.8. The van der Waals surface area contributed by atoms with Crippen molar-refractivity contribution in [3.8, 4) is 6.01 Å². The third-order valence-corrected chi connectivity index (χ3v) is 3.32. The molecule has 20 heavy (non-hydrogen) atoms. The Labute approximate surface area is 124 Å². The number of nitrogens with zero attached hydrogens (tertiary/aromatic N) is 4. The molecule has 0 aromatic carbocycles. The summed E-state index contributed by atoms with van der Waals surface area (Å²) >= 11 is 5.95. The number of ether oxygens (including phenoxy) is 2. The van der Waals surface area contributed by atoms with Crippen LogP contribution in [0.2, 0.25) is 5.28 Å². The fourth-order valence-electron chi connectivity index (χ4n) is 2.08. The van der Waals surface area contributed by atoms with Crippen molar-refractivity contribution in [2.75, 3.05) is 37.8 Å². The first kappa shape index (κ1) is 15.3. The number of anilines is 1. The zero-order chi connectivity index (χ0) is 14.4. The van der Waals surface area contributed by atoms with E-state index >= 15 is 0 Å². The maximum atomic E-state index is 5.95. The molecule has 2 heterocycles. The van der Waals surface area contributed by atoms with E-state index in [0.29, 0.717) is 37.7 Å². The molecule has 1 aliphatic rings. The van der Waals surface area contributed by atoms with Crippen molar-refractivity contribution in [1.29, 1.82) is 0 Å². The number of aromatic nitrogens is 3. The fraction of sp³-hybridized carbons (Fsp3) is 0.769. The van der Waals surface area contributed by atoms with E-state index in [2.05, 4.69) is 28.8 Å². The molecule has 0 aliphatic carbocycles. The van der Waals surface area contributed by atoms with Gasteiger partial charge in [0, 0.05) is 13.1 Å². The molecule has 1 atom stereocenters. The van der Waals surface area contributed by atoms with Gasteiger partial charge in [-0.25, -0.2) is 0 Å². The van der Waals surface area contributed by atoms with Crippen molar-refractivity contribution in [1.82, 2.24) is 15.0 Å². The maximum absolute atomic E-state index is 5.95. The van der Waals surface area contributed by atoms with Crippen LogP contribution in [-0.2, 0) is 4.74 Å². The van der Waals surface area contributed by atoms with E-state index in [1.54, 1.807) is 0 Å². The minimum atomic E-state index is 0.166. The Morgan fingerprint density at radius 1 is 1.30 bits per heavy atom. The second kappa shape index (κ2) is 7.59. The molecule has 6 nitrogen and oxygen atoms in total. The van der Waals surface area contributed by atoms with Gasteiger partial charge in [-0.3, -0.25) is 0 Å². The van der Waals surface area contributed by atoms with Gasteiger partial charge >= 0.3 is 6.01 Å². The van der Waals surface area contributed by atoms with Crippen LogP contribution in [0.15, 0.2) is 0 Å². The molecular weight excluding hydrogens is 280 g/mol. The molecule has 1 aromatic heterocycles. The van der Waals surface area contributed by atoms with Crippen LogP contribution in [0.1, 0.15) is 26.7 Å². The Kier molecular flexibility index (Phi) is 5.79. The molecule has 1 aliphatic heterocycles. The van der Waals surface area contributed by atoms with E-state index in [1.807, 2.05) is 4.90 Å². The van der Waals surface area contributed by atoms with Gasteiger partial charge in [0.25, 0.3) is 0 Å². The lowest BCUT2D eigenvalue weighted by atomic mass is 10.1. The Morgan fingerprint density at radius 2 is 2.05 bits per heavy atom. The lowest BCUT2D eigenvalue weighted by Crippen LogP contribution is -2.37. The van der Waals surface area contributed by atoms with Crippen molar-refractivity contribution >= 4 is 17.5 Å². The average molecular weight is 301 g/mol. The van der Waals surface area contributed by atoms with Gasteiger partial charge in [-0.15, -0.1) is 0 Å². The molecule has 112 valence electrons.